The van der Waals surface area contributed by atoms with Gasteiger partial charge >= 0.3 is 0 Å². The molecule has 4 rings (SSSR count). The third-order valence-electron chi connectivity index (χ3n) is 4.54. The monoisotopic (exact) mass is 326 g/mol. The van der Waals surface area contributed by atoms with Crippen molar-refractivity contribution in [3.05, 3.63) is 30.1 Å². The molecular formula is C18H22N4O2. The zero-order valence-corrected chi connectivity index (χ0v) is 14.1. The second-order valence-electron chi connectivity index (χ2n) is 6.34. The minimum Gasteiger partial charge on any atom is -0.493 e. The fourth-order valence-corrected chi connectivity index (χ4v) is 3.07. The van der Waals surface area contributed by atoms with Gasteiger partial charge in [-0.1, -0.05) is 0 Å². The van der Waals surface area contributed by atoms with Gasteiger partial charge in [0, 0.05) is 36.8 Å². The lowest BCUT2D eigenvalue weighted by Crippen LogP contribution is -2.10. The van der Waals surface area contributed by atoms with Crippen LogP contribution in [-0.2, 0) is 4.74 Å². The van der Waals surface area contributed by atoms with E-state index < -0.39 is 0 Å². The van der Waals surface area contributed by atoms with E-state index in [1.165, 1.54) is 0 Å². The Morgan fingerprint density at radius 3 is 3.08 bits per heavy atom. The first-order chi connectivity index (χ1) is 11.7. The molecule has 0 fully saturated rings. The lowest BCUT2D eigenvalue weighted by atomic mass is 10.1. The Hall–Kier alpha value is -2.34. The normalized spacial score (nSPS) is 19.0. The van der Waals surface area contributed by atoms with Crippen molar-refractivity contribution in [2.24, 2.45) is 0 Å². The number of aryl methyl sites for hydroxylation is 1. The highest BCUT2D eigenvalue weighted by molar-refractivity contribution is 5.94. The van der Waals surface area contributed by atoms with Crippen molar-refractivity contribution in [3.8, 4) is 17.0 Å². The van der Waals surface area contributed by atoms with Crippen LogP contribution in [-0.4, -0.2) is 39.8 Å². The average molecular weight is 326 g/mol. The first kappa shape index (κ1) is 15.2. The summed E-state index contributed by atoms with van der Waals surface area (Å²) in [6.45, 7) is 6.30. The Morgan fingerprint density at radius 2 is 2.17 bits per heavy atom. The maximum absolute atomic E-state index is 5.86. The molecule has 0 radical (unpaired) electrons. The van der Waals surface area contributed by atoms with Crippen LogP contribution in [0.4, 0.5) is 0 Å². The number of rotatable bonds is 0. The van der Waals surface area contributed by atoms with Crippen LogP contribution in [0.2, 0.25) is 0 Å². The van der Waals surface area contributed by atoms with E-state index in [9.17, 15) is 0 Å². The minimum absolute atomic E-state index is 0.291. The van der Waals surface area contributed by atoms with Crippen LogP contribution in [0.15, 0.2) is 24.4 Å². The molecule has 2 aromatic heterocycles. The fraction of sp³-hybridized carbons (Fsp3) is 0.444. The number of aromatic amines is 1. The molecule has 0 amide bonds. The van der Waals surface area contributed by atoms with E-state index in [4.69, 9.17) is 9.47 Å². The molecule has 0 spiro atoms. The highest BCUT2D eigenvalue weighted by atomic mass is 16.5. The standard InChI is InChI=1S/C18H22N4O2/c1-12-6-9-23-7-3-8-24-14-4-5-17-15(10-14)18(20-19-17)16-11-22(12)21-13(16)2/h4-5,10-12H,3,6-9H2,1-2H3,(H,19,20). The van der Waals surface area contributed by atoms with Crippen molar-refractivity contribution in [1.82, 2.24) is 20.0 Å². The minimum atomic E-state index is 0.291. The zero-order valence-electron chi connectivity index (χ0n) is 14.1. The summed E-state index contributed by atoms with van der Waals surface area (Å²) in [5.74, 6) is 0.860. The van der Waals surface area contributed by atoms with Gasteiger partial charge in [0.15, 0.2) is 0 Å². The van der Waals surface area contributed by atoms with Crippen molar-refractivity contribution in [1.29, 1.82) is 0 Å². The molecule has 0 saturated carbocycles. The molecule has 3 heterocycles. The Labute approximate surface area is 140 Å². The number of H-pyrrole nitrogens is 1. The molecule has 1 N–H and O–H groups in total. The third kappa shape index (κ3) is 2.78. The molecule has 0 saturated heterocycles. The summed E-state index contributed by atoms with van der Waals surface area (Å²) >= 11 is 0. The van der Waals surface area contributed by atoms with E-state index in [1.807, 2.05) is 23.7 Å². The smallest absolute Gasteiger partial charge is 0.120 e. The molecule has 3 aromatic rings. The van der Waals surface area contributed by atoms with Gasteiger partial charge in [-0.25, -0.2) is 0 Å². The third-order valence-corrected chi connectivity index (χ3v) is 4.54. The average Bonchev–Trinajstić information content (AvgIpc) is 3.16. The van der Waals surface area contributed by atoms with Crippen LogP contribution in [0.5, 0.6) is 5.75 Å². The predicted molar refractivity (Wildman–Crippen MR) is 92.3 cm³/mol. The van der Waals surface area contributed by atoms with Gasteiger partial charge in [0.25, 0.3) is 0 Å². The topological polar surface area (TPSA) is 65.0 Å². The van der Waals surface area contributed by atoms with Crippen LogP contribution in [0, 0.1) is 6.92 Å². The van der Waals surface area contributed by atoms with Gasteiger partial charge in [0.2, 0.25) is 0 Å². The molecule has 1 atom stereocenters. The Morgan fingerprint density at radius 1 is 1.25 bits per heavy atom. The van der Waals surface area contributed by atoms with Crippen molar-refractivity contribution in [2.45, 2.75) is 32.7 Å². The van der Waals surface area contributed by atoms with Gasteiger partial charge < -0.3 is 9.47 Å². The Balaban J connectivity index is 1.81. The number of nitrogens with zero attached hydrogens (tertiary/aromatic N) is 3. The SMILES string of the molecule is Cc1nn2cc1-c1n[nH]c3ccc(cc13)OCCCOCCC2C. The van der Waals surface area contributed by atoms with Gasteiger partial charge in [-0.2, -0.15) is 10.2 Å². The highest BCUT2D eigenvalue weighted by Crippen LogP contribution is 2.31. The fourth-order valence-electron chi connectivity index (χ4n) is 3.07. The van der Waals surface area contributed by atoms with Crippen LogP contribution in [0.3, 0.4) is 0 Å². The maximum atomic E-state index is 5.86. The Bertz CT molecular complexity index is 852. The van der Waals surface area contributed by atoms with Gasteiger partial charge in [-0.15, -0.1) is 0 Å². The maximum Gasteiger partial charge on any atom is 0.120 e. The number of hydrogen-bond donors (Lipinski definition) is 1. The van der Waals surface area contributed by atoms with Crippen LogP contribution in [0.25, 0.3) is 22.2 Å². The van der Waals surface area contributed by atoms with Gasteiger partial charge in [0.1, 0.15) is 11.4 Å². The largest absolute Gasteiger partial charge is 0.493 e. The number of ether oxygens (including phenoxy) is 2. The highest BCUT2D eigenvalue weighted by Gasteiger charge is 2.17. The van der Waals surface area contributed by atoms with Crippen molar-refractivity contribution >= 4 is 10.9 Å². The molecule has 1 aliphatic heterocycles. The number of hydrogen-bond acceptors (Lipinski definition) is 4. The second-order valence-corrected chi connectivity index (χ2v) is 6.34. The van der Waals surface area contributed by atoms with Crippen LogP contribution >= 0.6 is 0 Å². The summed E-state index contributed by atoms with van der Waals surface area (Å²) in [6, 6.07) is 6.33. The molecule has 0 aliphatic carbocycles. The van der Waals surface area contributed by atoms with E-state index in [-0.39, 0.29) is 0 Å². The number of fused-ring (bicyclic) bond motifs is 4. The molecule has 6 heteroatoms. The lowest BCUT2D eigenvalue weighted by molar-refractivity contribution is 0.108. The summed E-state index contributed by atoms with van der Waals surface area (Å²) < 4.78 is 13.6. The first-order valence-corrected chi connectivity index (χ1v) is 8.47. The van der Waals surface area contributed by atoms with E-state index in [2.05, 4.69) is 34.5 Å². The summed E-state index contributed by atoms with van der Waals surface area (Å²) in [4.78, 5) is 0. The summed E-state index contributed by atoms with van der Waals surface area (Å²) in [5, 5.41) is 13.4. The van der Waals surface area contributed by atoms with Gasteiger partial charge in [-0.3, -0.25) is 9.78 Å². The van der Waals surface area contributed by atoms with Gasteiger partial charge in [0.05, 0.1) is 23.9 Å². The zero-order chi connectivity index (χ0) is 16.5. The molecule has 1 aliphatic rings. The van der Waals surface area contributed by atoms with E-state index in [1.54, 1.807) is 0 Å². The first-order valence-electron chi connectivity index (χ1n) is 8.47. The van der Waals surface area contributed by atoms with Crippen molar-refractivity contribution in [2.75, 3.05) is 19.8 Å². The number of aromatic nitrogens is 4. The molecule has 126 valence electrons. The quantitative estimate of drug-likeness (QED) is 0.687. The molecule has 1 unspecified atom stereocenters. The molecular weight excluding hydrogens is 304 g/mol. The summed E-state index contributed by atoms with van der Waals surface area (Å²) in [6.07, 6.45) is 3.91. The predicted octanol–water partition coefficient (Wildman–Crippen LogP) is 3.49. The van der Waals surface area contributed by atoms with E-state index in [0.29, 0.717) is 12.6 Å². The molecule has 24 heavy (non-hydrogen) atoms. The van der Waals surface area contributed by atoms with Crippen LogP contribution < -0.4 is 4.74 Å². The number of nitrogens with one attached hydrogen (secondary N) is 1. The molecule has 4 bridgehead atoms. The summed E-state index contributed by atoms with van der Waals surface area (Å²) in [7, 11) is 0. The van der Waals surface area contributed by atoms with Crippen molar-refractivity contribution < 1.29 is 9.47 Å². The van der Waals surface area contributed by atoms with E-state index >= 15 is 0 Å². The van der Waals surface area contributed by atoms with Crippen LogP contribution in [0.1, 0.15) is 31.5 Å². The van der Waals surface area contributed by atoms with E-state index in [0.717, 1.165) is 59.7 Å². The second kappa shape index (κ2) is 6.28. The summed E-state index contributed by atoms with van der Waals surface area (Å²) in [5.41, 5.74) is 3.97. The van der Waals surface area contributed by atoms with Gasteiger partial charge in [-0.05, 0) is 38.5 Å². The Kier molecular flexibility index (Phi) is 3.98. The number of benzene rings is 1. The lowest BCUT2D eigenvalue weighted by Gasteiger charge is -2.12. The molecule has 6 nitrogen and oxygen atoms in total. The molecule has 1 aromatic carbocycles. The van der Waals surface area contributed by atoms with Crippen molar-refractivity contribution in [3.63, 3.8) is 0 Å².